The number of nitrogens with one attached hydrogen (secondary N) is 2. The predicted molar refractivity (Wildman–Crippen MR) is 170 cm³/mol. The van der Waals surface area contributed by atoms with Gasteiger partial charge in [-0.2, -0.15) is 0 Å². The van der Waals surface area contributed by atoms with Crippen molar-refractivity contribution in [2.24, 2.45) is 5.11 Å². The second-order valence-corrected chi connectivity index (χ2v) is 10.3. The second kappa shape index (κ2) is 28.3. The number of ether oxygens (including phenoxy) is 4. The van der Waals surface area contributed by atoms with E-state index >= 15 is 0 Å². The number of azide groups is 1. The van der Waals surface area contributed by atoms with Crippen LogP contribution in [-0.2, 0) is 47.7 Å². The SMILES string of the molecule is COC(=O)CCN(CCNC(=O)CCN(CCCN=[N+]=[N-])CCC(=O)NCCN(CCC(=O)OC)CCC(=O)OC)CCC(=O)OC. The molecular formula is C29H52N8O10. The van der Waals surface area contributed by atoms with Gasteiger partial charge in [-0.05, 0) is 18.5 Å². The molecule has 0 fully saturated rings. The maximum atomic E-state index is 12.6. The number of amides is 2. The first kappa shape index (κ1) is 43.0. The minimum atomic E-state index is -0.375. The molecule has 0 radical (unpaired) electrons. The lowest BCUT2D eigenvalue weighted by Crippen LogP contribution is -2.39. The zero-order valence-corrected chi connectivity index (χ0v) is 28.2. The summed E-state index contributed by atoms with van der Waals surface area (Å²) in [6.07, 6.45) is 1.48. The van der Waals surface area contributed by atoms with Gasteiger partial charge in [-0.15, -0.1) is 0 Å². The van der Waals surface area contributed by atoms with E-state index in [4.69, 9.17) is 5.53 Å². The van der Waals surface area contributed by atoms with E-state index in [1.165, 1.54) is 28.4 Å². The van der Waals surface area contributed by atoms with Crippen LogP contribution in [0.25, 0.3) is 10.4 Å². The van der Waals surface area contributed by atoms with Crippen molar-refractivity contribution in [2.75, 3.05) is 107 Å². The van der Waals surface area contributed by atoms with Gasteiger partial charge < -0.3 is 44.3 Å². The first-order chi connectivity index (χ1) is 22.6. The smallest absolute Gasteiger partial charge is 0.306 e. The lowest BCUT2D eigenvalue weighted by atomic mass is 10.2. The van der Waals surface area contributed by atoms with Gasteiger partial charge in [0, 0.05) is 89.7 Å². The second-order valence-electron chi connectivity index (χ2n) is 10.3. The molecule has 0 spiro atoms. The van der Waals surface area contributed by atoms with Gasteiger partial charge in [-0.3, -0.25) is 28.8 Å². The fourth-order valence-electron chi connectivity index (χ4n) is 4.22. The summed E-state index contributed by atoms with van der Waals surface area (Å²) >= 11 is 0. The van der Waals surface area contributed by atoms with Crippen LogP contribution in [0.1, 0.15) is 44.9 Å². The van der Waals surface area contributed by atoms with E-state index in [2.05, 4.69) is 39.6 Å². The highest BCUT2D eigenvalue weighted by Gasteiger charge is 2.15. The Hall–Kier alpha value is -3.99. The Balaban J connectivity index is 4.82. The van der Waals surface area contributed by atoms with Gasteiger partial charge in [0.05, 0.1) is 54.1 Å². The van der Waals surface area contributed by atoms with E-state index in [0.29, 0.717) is 78.4 Å². The molecule has 0 rings (SSSR count). The molecule has 0 saturated heterocycles. The Kier molecular flexibility index (Phi) is 25.9. The lowest BCUT2D eigenvalue weighted by molar-refractivity contribution is -0.142. The molecule has 2 N–H and O–H groups in total. The molecular weight excluding hydrogens is 620 g/mol. The molecule has 0 aromatic heterocycles. The molecule has 18 heteroatoms. The molecule has 18 nitrogen and oxygen atoms in total. The van der Waals surface area contributed by atoms with E-state index in [-0.39, 0.29) is 80.8 Å². The van der Waals surface area contributed by atoms with Gasteiger partial charge in [0.25, 0.3) is 0 Å². The Labute approximate surface area is 276 Å². The third kappa shape index (κ3) is 24.9. The molecule has 0 aliphatic rings. The van der Waals surface area contributed by atoms with E-state index in [9.17, 15) is 28.8 Å². The average molecular weight is 673 g/mol. The summed E-state index contributed by atoms with van der Waals surface area (Å²) in [7, 11) is 5.21. The van der Waals surface area contributed by atoms with E-state index in [1.807, 2.05) is 14.7 Å². The number of nitrogens with zero attached hydrogens (tertiary/aromatic N) is 6. The van der Waals surface area contributed by atoms with E-state index < -0.39 is 0 Å². The summed E-state index contributed by atoms with van der Waals surface area (Å²) < 4.78 is 18.7. The molecule has 0 saturated carbocycles. The van der Waals surface area contributed by atoms with Crippen molar-refractivity contribution in [1.29, 1.82) is 0 Å². The topological polar surface area (TPSA) is 222 Å². The zero-order valence-electron chi connectivity index (χ0n) is 28.2. The van der Waals surface area contributed by atoms with Gasteiger partial charge >= 0.3 is 23.9 Å². The fourth-order valence-corrected chi connectivity index (χ4v) is 4.22. The molecule has 2 amide bonds. The Morgan fingerprint density at radius 3 is 1.17 bits per heavy atom. The quantitative estimate of drug-likeness (QED) is 0.0276. The van der Waals surface area contributed by atoms with Gasteiger partial charge in [0.15, 0.2) is 0 Å². The van der Waals surface area contributed by atoms with Gasteiger partial charge in [0.1, 0.15) is 0 Å². The highest BCUT2D eigenvalue weighted by molar-refractivity contribution is 5.76. The molecule has 47 heavy (non-hydrogen) atoms. The number of methoxy groups -OCH3 is 4. The largest absolute Gasteiger partial charge is 0.469 e. The summed E-state index contributed by atoms with van der Waals surface area (Å²) in [5.74, 6) is -1.90. The highest BCUT2D eigenvalue weighted by atomic mass is 16.5. The fraction of sp³-hybridized carbons (Fsp3) is 0.793. The lowest BCUT2D eigenvalue weighted by Gasteiger charge is -2.23. The van der Waals surface area contributed by atoms with Crippen molar-refractivity contribution >= 4 is 35.7 Å². The number of hydrogen-bond donors (Lipinski definition) is 2. The summed E-state index contributed by atoms with van der Waals surface area (Å²) in [5.41, 5.74) is 8.56. The third-order valence-corrected chi connectivity index (χ3v) is 7.05. The highest BCUT2D eigenvalue weighted by Crippen LogP contribution is 2.01. The maximum Gasteiger partial charge on any atom is 0.306 e. The number of carbonyl (C=O) groups excluding carboxylic acids is 6. The third-order valence-electron chi connectivity index (χ3n) is 7.05. The van der Waals surface area contributed by atoms with Crippen LogP contribution in [0.15, 0.2) is 5.11 Å². The van der Waals surface area contributed by atoms with Crippen LogP contribution in [0.4, 0.5) is 0 Å². The summed E-state index contributed by atoms with van der Waals surface area (Å²) in [5, 5.41) is 9.23. The summed E-state index contributed by atoms with van der Waals surface area (Å²) in [6.45, 7) is 4.43. The van der Waals surface area contributed by atoms with Crippen molar-refractivity contribution < 1.29 is 47.7 Å². The van der Waals surface area contributed by atoms with Crippen LogP contribution in [0.2, 0.25) is 0 Å². The molecule has 0 atom stereocenters. The summed E-state index contributed by atoms with van der Waals surface area (Å²) in [6, 6.07) is 0. The van der Waals surface area contributed by atoms with Crippen LogP contribution < -0.4 is 10.6 Å². The predicted octanol–water partition coefficient (Wildman–Crippen LogP) is -0.142. The van der Waals surface area contributed by atoms with Crippen molar-refractivity contribution in [3.63, 3.8) is 0 Å². The minimum Gasteiger partial charge on any atom is -0.469 e. The molecule has 0 aromatic carbocycles. The molecule has 0 aromatic rings. The van der Waals surface area contributed by atoms with Crippen molar-refractivity contribution in [3.05, 3.63) is 10.4 Å². The van der Waals surface area contributed by atoms with Crippen LogP contribution in [-0.4, -0.2) is 157 Å². The van der Waals surface area contributed by atoms with Crippen LogP contribution >= 0.6 is 0 Å². The molecule has 268 valence electrons. The van der Waals surface area contributed by atoms with Gasteiger partial charge in [0.2, 0.25) is 11.8 Å². The van der Waals surface area contributed by atoms with E-state index in [1.54, 1.807) is 0 Å². The summed E-state index contributed by atoms with van der Waals surface area (Å²) in [4.78, 5) is 79.8. The van der Waals surface area contributed by atoms with Crippen LogP contribution in [0.5, 0.6) is 0 Å². The molecule has 0 bridgehead atoms. The maximum absolute atomic E-state index is 12.6. The number of hydrogen-bond acceptors (Lipinski definition) is 14. The molecule has 0 aliphatic heterocycles. The Morgan fingerprint density at radius 2 is 0.851 bits per heavy atom. The van der Waals surface area contributed by atoms with Crippen LogP contribution in [0.3, 0.4) is 0 Å². The van der Waals surface area contributed by atoms with Crippen molar-refractivity contribution in [1.82, 2.24) is 25.3 Å². The van der Waals surface area contributed by atoms with Gasteiger partial charge in [-0.1, -0.05) is 5.11 Å². The standard InChI is InChI=1S/C29H52N8O10/c1-44-26(40)8-18-36(19-9-27(41)45-2)22-13-31-24(38)6-16-35(15-5-12-33-34-30)17-7-25(39)32-14-23-37(20-10-28(42)46-3)21-11-29(43)47-4/h5-23H2,1-4H3,(H,31,38)(H,32,39). The minimum absolute atomic E-state index is 0.146. The number of esters is 4. The van der Waals surface area contributed by atoms with Crippen molar-refractivity contribution in [2.45, 2.75) is 44.9 Å². The first-order valence-corrected chi connectivity index (χ1v) is 15.6. The van der Waals surface area contributed by atoms with Crippen LogP contribution in [0, 0.1) is 0 Å². The molecule has 0 heterocycles. The van der Waals surface area contributed by atoms with E-state index in [0.717, 1.165) is 0 Å². The monoisotopic (exact) mass is 672 g/mol. The molecule has 0 unspecified atom stereocenters. The van der Waals surface area contributed by atoms with Crippen molar-refractivity contribution in [3.8, 4) is 0 Å². The van der Waals surface area contributed by atoms with Gasteiger partial charge in [-0.25, -0.2) is 0 Å². The molecule has 0 aliphatic carbocycles. The Bertz CT molecular complexity index is 903. The number of carbonyl (C=O) groups is 6. The first-order valence-electron chi connectivity index (χ1n) is 15.6. The zero-order chi connectivity index (χ0) is 35.3. The number of rotatable bonds is 28. The Morgan fingerprint density at radius 1 is 0.532 bits per heavy atom. The normalized spacial score (nSPS) is 10.7. The average Bonchev–Trinajstić information content (AvgIpc) is 3.08.